The fraction of sp³-hybridized carbons (Fsp3) is 0.455. The number of hydrogen-bond donors (Lipinski definition) is 3. The van der Waals surface area contributed by atoms with E-state index in [1.807, 2.05) is 30.3 Å². The Labute approximate surface area is 83.6 Å². The summed E-state index contributed by atoms with van der Waals surface area (Å²) >= 11 is 0. The molecule has 1 aromatic carbocycles. The van der Waals surface area contributed by atoms with E-state index >= 15 is 0 Å². The Balaban J connectivity index is 2.54. The van der Waals surface area contributed by atoms with Gasteiger partial charge in [0.05, 0.1) is 6.10 Å². The summed E-state index contributed by atoms with van der Waals surface area (Å²) < 4.78 is 0. The number of aliphatic hydroxyl groups is 3. The summed E-state index contributed by atoms with van der Waals surface area (Å²) in [6.45, 7) is -0.194. The zero-order chi connectivity index (χ0) is 10.4. The zero-order valence-electron chi connectivity index (χ0n) is 8.00. The van der Waals surface area contributed by atoms with Crippen LogP contribution in [0, 0.1) is 5.92 Å². The van der Waals surface area contributed by atoms with Crippen molar-refractivity contribution in [2.24, 2.45) is 5.92 Å². The molecule has 14 heavy (non-hydrogen) atoms. The van der Waals surface area contributed by atoms with Crippen LogP contribution in [-0.2, 0) is 0 Å². The first-order valence-electron chi connectivity index (χ1n) is 4.72. The average Bonchev–Trinajstić information content (AvgIpc) is 2.26. The van der Waals surface area contributed by atoms with Gasteiger partial charge in [0.15, 0.2) is 0 Å². The van der Waals surface area contributed by atoms with Crippen LogP contribution in [0.25, 0.3) is 0 Å². The van der Waals surface area contributed by atoms with Crippen LogP contribution >= 0.6 is 0 Å². The zero-order valence-corrected chi connectivity index (χ0v) is 8.00. The maximum absolute atomic E-state index is 9.73. The van der Waals surface area contributed by atoms with E-state index < -0.39 is 6.10 Å². The molecule has 0 aliphatic carbocycles. The molecule has 1 rings (SSSR count). The molecule has 0 aliphatic rings. The first kappa shape index (κ1) is 11.2. The minimum Gasteiger partial charge on any atom is -0.396 e. The molecule has 0 aromatic heterocycles. The van der Waals surface area contributed by atoms with Crippen LogP contribution in [0.3, 0.4) is 0 Å². The maximum atomic E-state index is 9.73. The van der Waals surface area contributed by atoms with Gasteiger partial charge in [-0.25, -0.2) is 0 Å². The normalized spacial score (nSPS) is 13.1. The van der Waals surface area contributed by atoms with E-state index in [0.717, 1.165) is 5.56 Å². The maximum Gasteiger partial charge on any atom is 0.0794 e. The van der Waals surface area contributed by atoms with Crippen molar-refractivity contribution in [1.29, 1.82) is 0 Å². The third-order valence-electron chi connectivity index (χ3n) is 2.26. The van der Waals surface area contributed by atoms with Gasteiger partial charge in [-0.1, -0.05) is 30.3 Å². The highest BCUT2D eigenvalue weighted by atomic mass is 16.3. The van der Waals surface area contributed by atoms with Crippen molar-refractivity contribution in [3.8, 4) is 0 Å². The van der Waals surface area contributed by atoms with Crippen molar-refractivity contribution in [1.82, 2.24) is 0 Å². The van der Waals surface area contributed by atoms with Gasteiger partial charge in [-0.15, -0.1) is 0 Å². The summed E-state index contributed by atoms with van der Waals surface area (Å²) in [6, 6.07) is 9.25. The largest absolute Gasteiger partial charge is 0.396 e. The molecule has 1 atom stereocenters. The predicted octanol–water partition coefficient (Wildman–Crippen LogP) is 0.711. The first-order chi connectivity index (χ1) is 6.77. The number of aliphatic hydroxyl groups excluding tert-OH is 3. The van der Waals surface area contributed by atoms with Crippen LogP contribution in [0.4, 0.5) is 0 Å². The molecule has 1 unspecified atom stereocenters. The van der Waals surface area contributed by atoms with E-state index in [0.29, 0.717) is 6.42 Å². The number of rotatable bonds is 5. The molecular formula is C11H16O3. The Morgan fingerprint density at radius 3 is 2.07 bits per heavy atom. The van der Waals surface area contributed by atoms with Gasteiger partial charge < -0.3 is 15.3 Å². The Morgan fingerprint density at radius 2 is 1.57 bits per heavy atom. The van der Waals surface area contributed by atoms with Crippen LogP contribution in [-0.4, -0.2) is 28.5 Å². The predicted molar refractivity (Wildman–Crippen MR) is 53.7 cm³/mol. The monoisotopic (exact) mass is 196 g/mol. The lowest BCUT2D eigenvalue weighted by Gasteiger charge is -2.16. The van der Waals surface area contributed by atoms with E-state index in [-0.39, 0.29) is 19.1 Å². The van der Waals surface area contributed by atoms with E-state index in [4.69, 9.17) is 10.2 Å². The van der Waals surface area contributed by atoms with E-state index in [1.165, 1.54) is 0 Å². The SMILES string of the molecule is OCC(CO)CC(O)c1ccccc1. The third-order valence-corrected chi connectivity index (χ3v) is 2.26. The molecule has 78 valence electrons. The van der Waals surface area contributed by atoms with Crippen molar-refractivity contribution >= 4 is 0 Å². The van der Waals surface area contributed by atoms with Crippen molar-refractivity contribution < 1.29 is 15.3 Å². The molecule has 3 heteroatoms. The van der Waals surface area contributed by atoms with Crippen molar-refractivity contribution in [2.75, 3.05) is 13.2 Å². The minimum absolute atomic E-state index is 0.0968. The molecule has 0 fully saturated rings. The topological polar surface area (TPSA) is 60.7 Å². The van der Waals surface area contributed by atoms with Crippen LogP contribution < -0.4 is 0 Å². The highest BCUT2D eigenvalue weighted by Crippen LogP contribution is 2.20. The van der Waals surface area contributed by atoms with Gasteiger partial charge in [0.2, 0.25) is 0 Å². The lowest BCUT2D eigenvalue weighted by atomic mass is 9.98. The summed E-state index contributed by atoms with van der Waals surface area (Å²) in [5.41, 5.74) is 0.819. The standard InChI is InChI=1S/C11H16O3/c12-7-9(8-13)6-11(14)10-4-2-1-3-5-10/h1-5,9,11-14H,6-8H2. The Bertz CT molecular complexity index is 244. The van der Waals surface area contributed by atoms with Gasteiger partial charge in [-0.2, -0.15) is 0 Å². The van der Waals surface area contributed by atoms with Gasteiger partial charge in [0, 0.05) is 19.1 Å². The molecule has 0 saturated heterocycles. The average molecular weight is 196 g/mol. The summed E-state index contributed by atoms with van der Waals surface area (Å²) in [5, 5.41) is 27.4. The molecule has 0 amide bonds. The van der Waals surface area contributed by atoms with Crippen LogP contribution in [0.5, 0.6) is 0 Å². The Hall–Kier alpha value is -0.900. The molecule has 0 radical (unpaired) electrons. The third kappa shape index (κ3) is 3.10. The second-order valence-electron chi connectivity index (χ2n) is 3.39. The van der Waals surface area contributed by atoms with Gasteiger partial charge in [-0.3, -0.25) is 0 Å². The lowest BCUT2D eigenvalue weighted by Crippen LogP contribution is -2.15. The number of hydrogen-bond acceptors (Lipinski definition) is 3. The van der Waals surface area contributed by atoms with Crippen LogP contribution in [0.1, 0.15) is 18.1 Å². The van der Waals surface area contributed by atoms with E-state index in [9.17, 15) is 5.11 Å². The summed E-state index contributed by atoms with van der Waals surface area (Å²) in [5.74, 6) is -0.245. The summed E-state index contributed by atoms with van der Waals surface area (Å²) in [7, 11) is 0. The summed E-state index contributed by atoms with van der Waals surface area (Å²) in [4.78, 5) is 0. The molecule has 0 saturated carbocycles. The van der Waals surface area contributed by atoms with Crippen LogP contribution in [0.15, 0.2) is 30.3 Å². The van der Waals surface area contributed by atoms with Crippen molar-refractivity contribution in [3.63, 3.8) is 0 Å². The fourth-order valence-corrected chi connectivity index (χ4v) is 1.33. The van der Waals surface area contributed by atoms with Crippen molar-refractivity contribution in [2.45, 2.75) is 12.5 Å². The molecule has 0 aliphatic heterocycles. The van der Waals surface area contributed by atoms with Crippen molar-refractivity contribution in [3.05, 3.63) is 35.9 Å². The molecule has 3 N–H and O–H groups in total. The minimum atomic E-state index is -0.611. The van der Waals surface area contributed by atoms with Gasteiger partial charge in [0.1, 0.15) is 0 Å². The van der Waals surface area contributed by atoms with Crippen LogP contribution in [0.2, 0.25) is 0 Å². The second-order valence-corrected chi connectivity index (χ2v) is 3.39. The Morgan fingerprint density at radius 1 is 1.00 bits per heavy atom. The quantitative estimate of drug-likeness (QED) is 0.650. The molecule has 3 nitrogen and oxygen atoms in total. The van der Waals surface area contributed by atoms with E-state index in [2.05, 4.69) is 0 Å². The van der Waals surface area contributed by atoms with E-state index in [1.54, 1.807) is 0 Å². The highest BCUT2D eigenvalue weighted by Gasteiger charge is 2.14. The highest BCUT2D eigenvalue weighted by molar-refractivity contribution is 5.17. The Kier molecular flexibility index (Phi) is 4.59. The molecule has 1 aromatic rings. The molecule has 0 spiro atoms. The number of benzene rings is 1. The van der Waals surface area contributed by atoms with Gasteiger partial charge in [-0.05, 0) is 12.0 Å². The van der Waals surface area contributed by atoms with Gasteiger partial charge >= 0.3 is 0 Å². The molecular weight excluding hydrogens is 180 g/mol. The molecule has 0 heterocycles. The smallest absolute Gasteiger partial charge is 0.0794 e. The summed E-state index contributed by atoms with van der Waals surface area (Å²) in [6.07, 6.45) is -0.225. The first-order valence-corrected chi connectivity index (χ1v) is 4.72. The fourth-order valence-electron chi connectivity index (χ4n) is 1.33. The van der Waals surface area contributed by atoms with Gasteiger partial charge in [0.25, 0.3) is 0 Å². The second kappa shape index (κ2) is 5.75. The molecule has 0 bridgehead atoms. The lowest BCUT2D eigenvalue weighted by molar-refractivity contribution is 0.0831.